The summed E-state index contributed by atoms with van der Waals surface area (Å²) in [6.45, 7) is 0.634. The van der Waals surface area contributed by atoms with Crippen LogP contribution in [0.1, 0.15) is 12.8 Å². The number of aromatic nitrogens is 1. The molecule has 1 saturated heterocycles. The molecule has 0 aliphatic carbocycles. The Morgan fingerprint density at radius 1 is 1.42 bits per heavy atom. The molecular formula is C16H17F3N2O4S. The Hall–Kier alpha value is -2.07. The minimum atomic E-state index is -4.18. The van der Waals surface area contributed by atoms with E-state index in [1.165, 1.54) is 23.5 Å². The summed E-state index contributed by atoms with van der Waals surface area (Å²) in [6.07, 6.45) is -5.98. The molecule has 2 heterocycles. The summed E-state index contributed by atoms with van der Waals surface area (Å²) in [5.74, 6) is 0.966. The Balaban J connectivity index is 1.67. The van der Waals surface area contributed by atoms with Gasteiger partial charge in [-0.1, -0.05) is 0 Å². The molecule has 10 heteroatoms. The zero-order valence-electron chi connectivity index (χ0n) is 13.9. The van der Waals surface area contributed by atoms with Crippen molar-refractivity contribution >= 4 is 33.5 Å². The Bertz CT molecular complexity index is 780. The van der Waals surface area contributed by atoms with Crippen molar-refractivity contribution in [1.82, 2.24) is 4.37 Å². The number of ether oxygens (including phenoxy) is 3. The number of carbonyl (C=O) groups excluding carboxylic acids is 1. The number of hydrogen-bond donors (Lipinski definition) is 0. The Morgan fingerprint density at radius 3 is 2.96 bits per heavy atom. The summed E-state index contributed by atoms with van der Waals surface area (Å²) in [7, 11) is 1.53. The van der Waals surface area contributed by atoms with Crippen LogP contribution in [0, 0.1) is 0 Å². The number of amides is 1. The van der Waals surface area contributed by atoms with E-state index in [1.807, 2.05) is 0 Å². The molecule has 1 fully saturated rings. The fourth-order valence-electron chi connectivity index (χ4n) is 2.62. The number of halogens is 3. The van der Waals surface area contributed by atoms with Gasteiger partial charge in [0.05, 0.1) is 24.5 Å². The molecule has 1 aromatic heterocycles. The van der Waals surface area contributed by atoms with Gasteiger partial charge in [-0.3, -0.25) is 4.90 Å². The third kappa shape index (κ3) is 4.36. The lowest BCUT2D eigenvalue weighted by molar-refractivity contribution is -0.136. The van der Waals surface area contributed by atoms with Crippen LogP contribution in [0.4, 0.5) is 23.8 Å². The van der Waals surface area contributed by atoms with Crippen LogP contribution < -0.4 is 9.64 Å². The standard InChI is InChI=1S/C16H17F3N2O4S/c1-23-9-11-8-21(15(22)25-11)14-12-4-3-10(7-13(12)26-20-14)24-6-2-5-16(17,18)19/h3-4,7,11H,2,5-6,8-9H2,1H3. The van der Waals surface area contributed by atoms with Crippen LogP contribution in [0.15, 0.2) is 18.2 Å². The van der Waals surface area contributed by atoms with Crippen molar-refractivity contribution in [3.05, 3.63) is 18.2 Å². The Labute approximate surface area is 151 Å². The smallest absolute Gasteiger partial charge is 0.416 e. The molecule has 0 spiro atoms. The number of alkyl halides is 3. The number of carbonyl (C=O) groups is 1. The second-order valence-electron chi connectivity index (χ2n) is 5.80. The van der Waals surface area contributed by atoms with Gasteiger partial charge in [0.15, 0.2) is 5.82 Å². The number of cyclic esters (lactones) is 1. The van der Waals surface area contributed by atoms with Crippen molar-refractivity contribution in [1.29, 1.82) is 0 Å². The normalized spacial score (nSPS) is 17.8. The third-order valence-electron chi connectivity index (χ3n) is 3.78. The molecule has 2 aromatic rings. The number of hydrogen-bond acceptors (Lipinski definition) is 6. The number of rotatable bonds is 7. The maximum Gasteiger partial charge on any atom is 0.416 e. The summed E-state index contributed by atoms with van der Waals surface area (Å²) >= 11 is 1.18. The molecule has 6 nitrogen and oxygen atoms in total. The van der Waals surface area contributed by atoms with Crippen molar-refractivity contribution in [2.75, 3.05) is 31.8 Å². The Kier molecular flexibility index (Phi) is 5.52. The molecule has 1 aromatic carbocycles. The molecule has 1 aliphatic rings. The van der Waals surface area contributed by atoms with Crippen molar-refractivity contribution in [3.8, 4) is 5.75 Å². The van der Waals surface area contributed by atoms with Crippen LogP contribution in [-0.4, -0.2) is 49.6 Å². The van der Waals surface area contributed by atoms with E-state index in [9.17, 15) is 18.0 Å². The second-order valence-corrected chi connectivity index (χ2v) is 6.61. The molecule has 0 saturated carbocycles. The van der Waals surface area contributed by atoms with E-state index >= 15 is 0 Å². The van der Waals surface area contributed by atoms with E-state index in [1.54, 1.807) is 18.2 Å². The Morgan fingerprint density at radius 2 is 2.23 bits per heavy atom. The van der Waals surface area contributed by atoms with Gasteiger partial charge in [0, 0.05) is 18.9 Å². The van der Waals surface area contributed by atoms with Crippen LogP contribution in [-0.2, 0) is 9.47 Å². The van der Waals surface area contributed by atoms with E-state index in [-0.39, 0.29) is 19.1 Å². The van der Waals surface area contributed by atoms with Crippen LogP contribution in [0.5, 0.6) is 5.75 Å². The number of benzene rings is 1. The highest BCUT2D eigenvalue weighted by atomic mass is 32.1. The first-order valence-electron chi connectivity index (χ1n) is 7.93. The second kappa shape index (κ2) is 7.67. The first-order chi connectivity index (χ1) is 12.4. The van der Waals surface area contributed by atoms with E-state index in [0.29, 0.717) is 24.7 Å². The highest BCUT2D eigenvalue weighted by molar-refractivity contribution is 7.13. The van der Waals surface area contributed by atoms with E-state index in [4.69, 9.17) is 14.2 Å². The summed E-state index contributed by atoms with van der Waals surface area (Å²) in [5.41, 5.74) is 0. The SMILES string of the molecule is COCC1CN(c2nsc3cc(OCCCC(F)(F)F)ccc23)C(=O)O1. The topological polar surface area (TPSA) is 60.9 Å². The van der Waals surface area contributed by atoms with E-state index in [2.05, 4.69) is 4.37 Å². The minimum Gasteiger partial charge on any atom is -0.494 e. The highest BCUT2D eigenvalue weighted by Gasteiger charge is 2.34. The average Bonchev–Trinajstić information content (AvgIpc) is 3.14. The van der Waals surface area contributed by atoms with Crippen molar-refractivity contribution in [3.63, 3.8) is 0 Å². The zero-order chi connectivity index (χ0) is 18.7. The lowest BCUT2D eigenvalue weighted by Gasteiger charge is -2.10. The summed E-state index contributed by atoms with van der Waals surface area (Å²) in [6, 6.07) is 5.10. The fraction of sp³-hybridized carbons (Fsp3) is 0.500. The maximum absolute atomic E-state index is 12.1. The number of anilines is 1. The van der Waals surface area contributed by atoms with Crippen molar-refractivity contribution < 1.29 is 32.2 Å². The van der Waals surface area contributed by atoms with Crippen LogP contribution in [0.3, 0.4) is 0 Å². The molecule has 1 aliphatic heterocycles. The monoisotopic (exact) mass is 390 g/mol. The molecule has 0 N–H and O–H groups in total. The molecule has 1 atom stereocenters. The molecule has 0 radical (unpaired) electrons. The van der Waals surface area contributed by atoms with Crippen molar-refractivity contribution in [2.24, 2.45) is 0 Å². The van der Waals surface area contributed by atoms with Gasteiger partial charge >= 0.3 is 12.3 Å². The number of fused-ring (bicyclic) bond motifs is 1. The lowest BCUT2D eigenvalue weighted by atomic mass is 10.2. The maximum atomic E-state index is 12.1. The summed E-state index contributed by atoms with van der Waals surface area (Å²) in [4.78, 5) is 13.5. The zero-order valence-corrected chi connectivity index (χ0v) is 14.7. The first kappa shape index (κ1) is 18.7. The van der Waals surface area contributed by atoms with Gasteiger partial charge in [0.2, 0.25) is 0 Å². The number of methoxy groups -OCH3 is 1. The first-order valence-corrected chi connectivity index (χ1v) is 8.71. The fourth-order valence-corrected chi connectivity index (χ4v) is 3.43. The molecule has 26 heavy (non-hydrogen) atoms. The van der Waals surface area contributed by atoms with Gasteiger partial charge in [0.1, 0.15) is 11.9 Å². The average molecular weight is 390 g/mol. The molecule has 142 valence electrons. The third-order valence-corrected chi connectivity index (χ3v) is 4.58. The quantitative estimate of drug-likeness (QED) is 0.669. The predicted octanol–water partition coefficient (Wildman–Crippen LogP) is 3.99. The summed E-state index contributed by atoms with van der Waals surface area (Å²) < 4.78 is 57.1. The largest absolute Gasteiger partial charge is 0.494 e. The molecular weight excluding hydrogens is 373 g/mol. The van der Waals surface area contributed by atoms with Gasteiger partial charge in [0.25, 0.3) is 0 Å². The van der Waals surface area contributed by atoms with Gasteiger partial charge in [-0.15, -0.1) is 0 Å². The van der Waals surface area contributed by atoms with Gasteiger partial charge in [-0.05, 0) is 36.2 Å². The van der Waals surface area contributed by atoms with Gasteiger partial charge in [-0.2, -0.15) is 17.5 Å². The van der Waals surface area contributed by atoms with Crippen molar-refractivity contribution in [2.45, 2.75) is 25.1 Å². The molecule has 1 amide bonds. The molecule has 3 rings (SSSR count). The predicted molar refractivity (Wildman–Crippen MR) is 89.9 cm³/mol. The summed E-state index contributed by atoms with van der Waals surface area (Å²) in [5, 5.41) is 0.757. The van der Waals surface area contributed by atoms with E-state index in [0.717, 1.165) is 10.1 Å². The number of nitrogens with zero attached hydrogens (tertiary/aromatic N) is 2. The van der Waals surface area contributed by atoms with Gasteiger partial charge in [-0.25, -0.2) is 4.79 Å². The van der Waals surface area contributed by atoms with Crippen LogP contribution in [0.25, 0.3) is 10.1 Å². The minimum absolute atomic E-state index is 0.0200. The highest BCUT2D eigenvalue weighted by Crippen LogP contribution is 2.34. The van der Waals surface area contributed by atoms with Crippen LogP contribution >= 0.6 is 11.5 Å². The molecule has 0 bridgehead atoms. The van der Waals surface area contributed by atoms with Crippen LogP contribution in [0.2, 0.25) is 0 Å². The lowest BCUT2D eigenvalue weighted by Crippen LogP contribution is -2.26. The van der Waals surface area contributed by atoms with Gasteiger partial charge < -0.3 is 14.2 Å². The molecule has 1 unspecified atom stereocenters. The van der Waals surface area contributed by atoms with E-state index < -0.39 is 18.7 Å².